The molecule has 0 aromatic heterocycles. The SMILES string of the molecule is CC(=O)Nc1cccc(NS(=O)(=O)c2ccc3c(c2)C[C@H](C)N3C(=O)c2ccccc2)c1. The summed E-state index contributed by atoms with van der Waals surface area (Å²) in [5.74, 6) is -0.354. The Morgan fingerprint density at radius 1 is 0.938 bits per heavy atom. The second-order valence-electron chi connectivity index (χ2n) is 7.75. The van der Waals surface area contributed by atoms with Crippen LogP contribution in [-0.4, -0.2) is 26.3 Å². The molecule has 0 unspecified atom stereocenters. The molecule has 32 heavy (non-hydrogen) atoms. The Bertz CT molecular complexity index is 1290. The van der Waals surface area contributed by atoms with Gasteiger partial charge in [-0.1, -0.05) is 24.3 Å². The van der Waals surface area contributed by atoms with E-state index in [2.05, 4.69) is 10.0 Å². The molecular weight excluding hydrogens is 426 g/mol. The first-order valence-corrected chi connectivity index (χ1v) is 11.6. The van der Waals surface area contributed by atoms with Gasteiger partial charge < -0.3 is 10.2 Å². The molecule has 0 saturated carbocycles. The predicted molar refractivity (Wildman–Crippen MR) is 124 cm³/mol. The molecule has 1 aliphatic heterocycles. The van der Waals surface area contributed by atoms with Gasteiger partial charge >= 0.3 is 0 Å². The number of hydrogen-bond acceptors (Lipinski definition) is 4. The van der Waals surface area contributed by atoms with Crippen LogP contribution < -0.4 is 14.9 Å². The Labute approximate surface area is 187 Å². The Morgan fingerprint density at radius 2 is 1.66 bits per heavy atom. The van der Waals surface area contributed by atoms with Gasteiger partial charge in [-0.25, -0.2) is 8.42 Å². The zero-order chi connectivity index (χ0) is 22.9. The van der Waals surface area contributed by atoms with Crippen molar-refractivity contribution in [2.24, 2.45) is 0 Å². The lowest BCUT2D eigenvalue weighted by Crippen LogP contribution is -2.35. The number of benzene rings is 3. The summed E-state index contributed by atoms with van der Waals surface area (Å²) in [6, 6.07) is 20.2. The summed E-state index contributed by atoms with van der Waals surface area (Å²) >= 11 is 0. The third kappa shape index (κ3) is 4.36. The van der Waals surface area contributed by atoms with E-state index in [4.69, 9.17) is 0 Å². The number of carbonyl (C=O) groups is 2. The molecular formula is C24H23N3O4S. The van der Waals surface area contributed by atoms with E-state index in [0.717, 1.165) is 11.3 Å². The van der Waals surface area contributed by atoms with Crippen molar-refractivity contribution in [3.63, 3.8) is 0 Å². The van der Waals surface area contributed by atoms with E-state index in [-0.39, 0.29) is 22.8 Å². The van der Waals surface area contributed by atoms with Crippen LogP contribution in [0.5, 0.6) is 0 Å². The van der Waals surface area contributed by atoms with Crippen molar-refractivity contribution in [2.45, 2.75) is 31.2 Å². The fraction of sp³-hybridized carbons (Fsp3) is 0.167. The molecule has 0 aliphatic carbocycles. The zero-order valence-corrected chi connectivity index (χ0v) is 18.5. The minimum Gasteiger partial charge on any atom is -0.326 e. The summed E-state index contributed by atoms with van der Waals surface area (Å²) < 4.78 is 28.5. The van der Waals surface area contributed by atoms with Crippen molar-refractivity contribution in [2.75, 3.05) is 14.9 Å². The van der Waals surface area contributed by atoms with E-state index in [1.54, 1.807) is 53.4 Å². The van der Waals surface area contributed by atoms with Crippen LogP contribution >= 0.6 is 0 Å². The highest BCUT2D eigenvalue weighted by Crippen LogP contribution is 2.35. The molecule has 1 heterocycles. The standard InChI is InChI=1S/C24H23N3O4S/c1-16-13-19-14-22(11-12-23(19)27(16)24(29)18-7-4-3-5-8-18)32(30,31)26-21-10-6-9-20(15-21)25-17(2)28/h3-12,14-16,26H,13H2,1-2H3,(H,25,28)/t16-/m0/s1. The summed E-state index contributed by atoms with van der Waals surface area (Å²) in [6.07, 6.45) is 0.565. The van der Waals surface area contributed by atoms with Crippen molar-refractivity contribution >= 4 is 38.9 Å². The summed E-state index contributed by atoms with van der Waals surface area (Å²) in [7, 11) is -3.85. The normalized spacial score (nSPS) is 15.2. The molecule has 164 valence electrons. The number of hydrogen-bond donors (Lipinski definition) is 2. The molecule has 0 fully saturated rings. The highest BCUT2D eigenvalue weighted by atomic mass is 32.2. The van der Waals surface area contributed by atoms with Crippen LogP contribution in [0.3, 0.4) is 0 Å². The van der Waals surface area contributed by atoms with Crippen molar-refractivity contribution in [1.29, 1.82) is 0 Å². The average molecular weight is 450 g/mol. The molecule has 1 atom stereocenters. The minimum absolute atomic E-state index is 0.0852. The molecule has 4 rings (SSSR count). The molecule has 0 bridgehead atoms. The van der Waals surface area contributed by atoms with Crippen molar-refractivity contribution < 1.29 is 18.0 Å². The lowest BCUT2D eigenvalue weighted by atomic mass is 10.1. The average Bonchev–Trinajstić information content (AvgIpc) is 3.08. The van der Waals surface area contributed by atoms with Gasteiger partial charge in [-0.3, -0.25) is 14.3 Å². The Hall–Kier alpha value is -3.65. The van der Waals surface area contributed by atoms with Gasteiger partial charge in [0.2, 0.25) is 5.91 Å². The van der Waals surface area contributed by atoms with Crippen molar-refractivity contribution in [1.82, 2.24) is 0 Å². The van der Waals surface area contributed by atoms with Gasteiger partial charge in [-0.05, 0) is 67.4 Å². The van der Waals surface area contributed by atoms with Gasteiger partial charge in [0, 0.05) is 29.9 Å². The third-order valence-corrected chi connectivity index (χ3v) is 6.63. The van der Waals surface area contributed by atoms with E-state index in [0.29, 0.717) is 23.4 Å². The minimum atomic E-state index is -3.85. The first-order chi connectivity index (χ1) is 15.2. The maximum absolute atomic E-state index is 13.0. The summed E-state index contributed by atoms with van der Waals surface area (Å²) in [5, 5.41) is 2.63. The summed E-state index contributed by atoms with van der Waals surface area (Å²) in [6.45, 7) is 3.33. The van der Waals surface area contributed by atoms with E-state index in [1.807, 2.05) is 25.1 Å². The molecule has 0 saturated heterocycles. The predicted octanol–water partition coefficient (Wildman–Crippen LogP) is 4.04. The van der Waals surface area contributed by atoms with E-state index in [9.17, 15) is 18.0 Å². The molecule has 7 nitrogen and oxygen atoms in total. The topological polar surface area (TPSA) is 95.6 Å². The van der Waals surface area contributed by atoms with Crippen molar-refractivity contribution in [3.8, 4) is 0 Å². The number of sulfonamides is 1. The number of carbonyl (C=O) groups excluding carboxylic acids is 2. The van der Waals surface area contributed by atoms with Gasteiger partial charge in [0.1, 0.15) is 0 Å². The largest absolute Gasteiger partial charge is 0.326 e. The highest BCUT2D eigenvalue weighted by molar-refractivity contribution is 7.92. The highest BCUT2D eigenvalue weighted by Gasteiger charge is 2.32. The first-order valence-electron chi connectivity index (χ1n) is 10.2. The Morgan fingerprint density at radius 3 is 2.38 bits per heavy atom. The number of nitrogens with one attached hydrogen (secondary N) is 2. The second kappa shape index (κ2) is 8.47. The number of amides is 2. The second-order valence-corrected chi connectivity index (χ2v) is 9.43. The van der Waals surface area contributed by atoms with E-state index in [1.165, 1.54) is 13.0 Å². The van der Waals surface area contributed by atoms with Crippen LogP contribution in [0.25, 0.3) is 0 Å². The van der Waals surface area contributed by atoms with E-state index < -0.39 is 10.0 Å². The van der Waals surface area contributed by atoms with Crippen LogP contribution in [-0.2, 0) is 21.2 Å². The molecule has 8 heteroatoms. The molecule has 2 amide bonds. The number of fused-ring (bicyclic) bond motifs is 1. The number of nitrogens with zero attached hydrogens (tertiary/aromatic N) is 1. The first kappa shape index (κ1) is 21.6. The quantitative estimate of drug-likeness (QED) is 0.615. The van der Waals surface area contributed by atoms with Crippen molar-refractivity contribution in [3.05, 3.63) is 83.9 Å². The van der Waals surface area contributed by atoms with Gasteiger partial charge in [-0.2, -0.15) is 0 Å². The lowest BCUT2D eigenvalue weighted by Gasteiger charge is -2.23. The molecule has 0 radical (unpaired) electrons. The van der Waals surface area contributed by atoms with Gasteiger partial charge in [0.25, 0.3) is 15.9 Å². The Kier molecular flexibility index (Phi) is 5.71. The molecule has 0 spiro atoms. The smallest absolute Gasteiger partial charge is 0.261 e. The van der Waals surface area contributed by atoms with Crippen LogP contribution in [0.15, 0.2) is 77.7 Å². The monoisotopic (exact) mass is 449 g/mol. The molecule has 2 N–H and O–H groups in total. The van der Waals surface area contributed by atoms with Crippen LogP contribution in [0.4, 0.5) is 17.1 Å². The van der Waals surface area contributed by atoms with Gasteiger partial charge in [0.15, 0.2) is 0 Å². The zero-order valence-electron chi connectivity index (χ0n) is 17.7. The lowest BCUT2D eigenvalue weighted by molar-refractivity contribution is -0.114. The van der Waals surface area contributed by atoms with Gasteiger partial charge in [0.05, 0.1) is 10.6 Å². The van der Waals surface area contributed by atoms with E-state index >= 15 is 0 Å². The summed E-state index contributed by atoms with van der Waals surface area (Å²) in [5.41, 5.74) is 2.95. The fourth-order valence-electron chi connectivity index (χ4n) is 3.88. The third-order valence-electron chi connectivity index (χ3n) is 5.25. The van der Waals surface area contributed by atoms with Gasteiger partial charge in [-0.15, -0.1) is 0 Å². The fourth-order valence-corrected chi connectivity index (χ4v) is 4.98. The van der Waals surface area contributed by atoms with Crippen LogP contribution in [0.1, 0.15) is 29.8 Å². The molecule has 3 aromatic rings. The maximum Gasteiger partial charge on any atom is 0.261 e. The number of rotatable bonds is 5. The maximum atomic E-state index is 13.0. The molecule has 3 aromatic carbocycles. The van der Waals surface area contributed by atoms with Crippen LogP contribution in [0, 0.1) is 0 Å². The van der Waals surface area contributed by atoms with Crippen LogP contribution in [0.2, 0.25) is 0 Å². The number of anilines is 3. The summed E-state index contributed by atoms with van der Waals surface area (Å²) in [4.78, 5) is 26.1. The molecule has 1 aliphatic rings. The Balaban J connectivity index is 1.60.